The third kappa shape index (κ3) is 2.90. The second-order valence-corrected chi connectivity index (χ2v) is 6.57. The number of piperazine rings is 1. The minimum atomic E-state index is -0.467. The van der Waals surface area contributed by atoms with Crippen LogP contribution in [0, 0.1) is 17.0 Å². The summed E-state index contributed by atoms with van der Waals surface area (Å²) in [4.78, 5) is 35.8. The van der Waals surface area contributed by atoms with E-state index in [4.69, 9.17) is 0 Å². The van der Waals surface area contributed by atoms with Crippen LogP contribution in [-0.4, -0.2) is 66.9 Å². The number of carbonyl (C=O) groups is 1. The fourth-order valence-electron chi connectivity index (χ4n) is 3.42. The van der Waals surface area contributed by atoms with E-state index in [1.54, 1.807) is 35.7 Å². The number of nitrogens with zero attached hydrogens (tertiary/aromatic N) is 8. The maximum atomic E-state index is 12.9. The van der Waals surface area contributed by atoms with Gasteiger partial charge in [0.1, 0.15) is 6.33 Å². The van der Waals surface area contributed by atoms with Gasteiger partial charge in [-0.25, -0.2) is 14.6 Å². The van der Waals surface area contributed by atoms with Crippen molar-refractivity contribution in [2.24, 2.45) is 7.05 Å². The van der Waals surface area contributed by atoms with Crippen LogP contribution in [-0.2, 0) is 7.05 Å². The van der Waals surface area contributed by atoms with Gasteiger partial charge in [0.25, 0.3) is 11.6 Å². The predicted molar refractivity (Wildman–Crippen MR) is 100 cm³/mol. The smallest absolute Gasteiger partial charge is 0.273 e. The van der Waals surface area contributed by atoms with E-state index in [0.717, 1.165) is 0 Å². The average Bonchev–Trinajstić information content (AvgIpc) is 3.09. The number of nitro groups is 1. The zero-order chi connectivity index (χ0) is 19.8. The van der Waals surface area contributed by atoms with E-state index >= 15 is 0 Å². The van der Waals surface area contributed by atoms with Crippen molar-refractivity contribution < 1.29 is 9.72 Å². The molecular formula is C17H18N8O3. The highest BCUT2D eigenvalue weighted by atomic mass is 16.6. The lowest BCUT2D eigenvalue weighted by Gasteiger charge is -2.35. The molecule has 1 aliphatic heterocycles. The Morgan fingerprint density at radius 1 is 1.18 bits per heavy atom. The van der Waals surface area contributed by atoms with Crippen molar-refractivity contribution in [2.45, 2.75) is 6.92 Å². The van der Waals surface area contributed by atoms with E-state index in [1.807, 2.05) is 4.90 Å². The molecule has 0 unspecified atom stereocenters. The first-order valence-electron chi connectivity index (χ1n) is 8.76. The lowest BCUT2D eigenvalue weighted by molar-refractivity contribution is -0.385. The minimum absolute atomic E-state index is 0.0458. The van der Waals surface area contributed by atoms with Crippen LogP contribution in [0.3, 0.4) is 0 Å². The molecule has 4 rings (SSSR count). The van der Waals surface area contributed by atoms with Crippen molar-refractivity contribution in [1.29, 1.82) is 0 Å². The summed E-state index contributed by atoms with van der Waals surface area (Å²) in [5.41, 5.74) is 1.98. The molecule has 0 aliphatic carbocycles. The van der Waals surface area contributed by atoms with Crippen LogP contribution in [0.15, 0.2) is 24.5 Å². The second-order valence-electron chi connectivity index (χ2n) is 6.57. The lowest BCUT2D eigenvalue weighted by Crippen LogP contribution is -2.49. The third-order valence-corrected chi connectivity index (χ3v) is 4.97. The molecule has 0 spiro atoms. The maximum Gasteiger partial charge on any atom is 0.273 e. The quantitative estimate of drug-likeness (QED) is 0.484. The van der Waals surface area contributed by atoms with Crippen LogP contribution in [0.25, 0.3) is 11.2 Å². The summed E-state index contributed by atoms with van der Waals surface area (Å²) in [6, 6.07) is 4.58. The normalized spacial score (nSPS) is 14.5. The van der Waals surface area contributed by atoms with Crippen molar-refractivity contribution in [3.8, 4) is 0 Å². The van der Waals surface area contributed by atoms with Gasteiger partial charge in [-0.3, -0.25) is 14.9 Å². The van der Waals surface area contributed by atoms with Crippen LogP contribution in [0.5, 0.6) is 0 Å². The molecule has 0 radical (unpaired) electrons. The molecule has 11 nitrogen and oxygen atoms in total. The Kier molecular flexibility index (Phi) is 4.34. The van der Waals surface area contributed by atoms with Crippen molar-refractivity contribution in [1.82, 2.24) is 29.9 Å². The Morgan fingerprint density at radius 2 is 1.93 bits per heavy atom. The van der Waals surface area contributed by atoms with Gasteiger partial charge in [-0.2, -0.15) is 0 Å². The predicted octanol–water partition coefficient (Wildman–Crippen LogP) is 0.937. The first-order chi connectivity index (χ1) is 13.5. The third-order valence-electron chi connectivity index (χ3n) is 4.97. The summed E-state index contributed by atoms with van der Waals surface area (Å²) < 4.78 is 1.59. The molecule has 3 heterocycles. The van der Waals surface area contributed by atoms with Gasteiger partial charge >= 0.3 is 0 Å². The topological polar surface area (TPSA) is 123 Å². The number of anilines is 1. The Hall–Kier alpha value is -3.63. The molecule has 1 aliphatic rings. The molecule has 28 heavy (non-hydrogen) atoms. The number of benzene rings is 1. The standard InChI is InChI=1S/C17H18N8O3/c1-11-12(4-3-5-13(11)25(27)28)17(26)24-8-6-23(7-9-24)16-14-15(18-10-19-16)22(2)21-20-14/h3-5,10H,6-9H2,1-2H3. The highest BCUT2D eigenvalue weighted by Gasteiger charge is 2.27. The maximum absolute atomic E-state index is 12.9. The molecule has 0 bridgehead atoms. The summed E-state index contributed by atoms with van der Waals surface area (Å²) in [6.45, 7) is 3.71. The Labute approximate surface area is 159 Å². The molecular weight excluding hydrogens is 364 g/mol. The first-order valence-corrected chi connectivity index (χ1v) is 8.76. The Bertz CT molecular complexity index is 1070. The van der Waals surface area contributed by atoms with Crippen molar-refractivity contribution >= 4 is 28.6 Å². The highest BCUT2D eigenvalue weighted by molar-refractivity contribution is 5.96. The van der Waals surface area contributed by atoms with Crippen molar-refractivity contribution in [2.75, 3.05) is 31.1 Å². The number of aryl methyl sites for hydroxylation is 1. The van der Waals surface area contributed by atoms with Gasteiger partial charge in [-0.15, -0.1) is 5.10 Å². The number of hydrogen-bond acceptors (Lipinski definition) is 8. The Morgan fingerprint density at radius 3 is 2.64 bits per heavy atom. The van der Waals surface area contributed by atoms with Gasteiger partial charge in [0.15, 0.2) is 17.0 Å². The first kappa shape index (κ1) is 17.8. The molecule has 3 aromatic rings. The van der Waals surface area contributed by atoms with Gasteiger partial charge in [0.05, 0.1) is 4.92 Å². The number of amides is 1. The zero-order valence-electron chi connectivity index (χ0n) is 15.4. The summed E-state index contributed by atoms with van der Waals surface area (Å²) in [5.74, 6) is 0.491. The van der Waals surface area contributed by atoms with Crippen molar-refractivity contribution in [3.05, 3.63) is 45.8 Å². The lowest BCUT2D eigenvalue weighted by atomic mass is 10.1. The largest absolute Gasteiger partial charge is 0.351 e. The minimum Gasteiger partial charge on any atom is -0.351 e. The fraction of sp³-hybridized carbons (Fsp3) is 0.353. The second kappa shape index (κ2) is 6.83. The monoisotopic (exact) mass is 382 g/mol. The number of carbonyl (C=O) groups excluding carboxylic acids is 1. The molecule has 144 valence electrons. The molecule has 1 aromatic carbocycles. The number of hydrogen-bond donors (Lipinski definition) is 0. The van der Waals surface area contributed by atoms with Gasteiger partial charge in [0, 0.05) is 50.4 Å². The number of fused-ring (bicyclic) bond motifs is 1. The molecule has 2 aromatic heterocycles. The van der Waals surface area contributed by atoms with E-state index in [9.17, 15) is 14.9 Å². The highest BCUT2D eigenvalue weighted by Crippen LogP contribution is 2.24. The molecule has 1 fully saturated rings. The Balaban J connectivity index is 1.52. The van der Waals surface area contributed by atoms with Gasteiger partial charge < -0.3 is 9.80 Å². The SMILES string of the molecule is Cc1c(C(=O)N2CCN(c3ncnc4c3nnn4C)CC2)cccc1[N+](=O)[O-]. The molecule has 11 heteroatoms. The molecule has 0 N–H and O–H groups in total. The van der Waals surface area contributed by atoms with Crippen molar-refractivity contribution in [3.63, 3.8) is 0 Å². The molecule has 0 saturated carbocycles. The van der Waals surface area contributed by atoms with Crippen LogP contribution >= 0.6 is 0 Å². The summed E-state index contributed by atoms with van der Waals surface area (Å²) in [6.07, 6.45) is 1.48. The van der Waals surface area contributed by atoms with Crippen LogP contribution in [0.4, 0.5) is 11.5 Å². The van der Waals surface area contributed by atoms with E-state index in [1.165, 1.54) is 12.4 Å². The fourth-order valence-corrected chi connectivity index (χ4v) is 3.42. The van der Waals surface area contributed by atoms with Crippen LogP contribution in [0.2, 0.25) is 0 Å². The molecule has 1 saturated heterocycles. The zero-order valence-corrected chi connectivity index (χ0v) is 15.4. The number of aromatic nitrogens is 5. The number of nitro benzene ring substituents is 1. The molecule has 0 atom stereocenters. The van der Waals surface area contributed by atoms with E-state index < -0.39 is 4.92 Å². The average molecular weight is 382 g/mol. The summed E-state index contributed by atoms with van der Waals surface area (Å²) in [7, 11) is 1.77. The summed E-state index contributed by atoms with van der Waals surface area (Å²) in [5, 5.41) is 19.2. The van der Waals surface area contributed by atoms with E-state index in [-0.39, 0.29) is 11.6 Å². The molecule has 1 amide bonds. The van der Waals surface area contributed by atoms with Gasteiger partial charge in [-0.1, -0.05) is 11.3 Å². The van der Waals surface area contributed by atoms with Gasteiger partial charge in [0.2, 0.25) is 0 Å². The van der Waals surface area contributed by atoms with E-state index in [2.05, 4.69) is 20.3 Å². The number of rotatable bonds is 3. The van der Waals surface area contributed by atoms with E-state index in [0.29, 0.717) is 54.3 Å². The summed E-state index contributed by atoms with van der Waals surface area (Å²) >= 11 is 0. The van der Waals surface area contributed by atoms with Crippen LogP contribution in [0.1, 0.15) is 15.9 Å². The van der Waals surface area contributed by atoms with Gasteiger partial charge in [-0.05, 0) is 13.0 Å². The van der Waals surface area contributed by atoms with Crippen LogP contribution < -0.4 is 4.90 Å².